The Kier molecular flexibility index (Phi) is 5.55. The molecule has 3 heterocycles. The first-order valence-electron chi connectivity index (χ1n) is 12.7. The molecule has 0 unspecified atom stereocenters. The van der Waals surface area contributed by atoms with Crippen LogP contribution in [0.5, 0.6) is 0 Å². The van der Waals surface area contributed by atoms with Crippen molar-refractivity contribution in [2.75, 3.05) is 0 Å². The Morgan fingerprint density at radius 3 is 1.59 bits per heavy atom. The molecule has 0 atom stereocenters. The van der Waals surface area contributed by atoms with Crippen LogP contribution in [0.3, 0.4) is 0 Å². The molecule has 3 aromatic carbocycles. The van der Waals surface area contributed by atoms with Crippen LogP contribution in [0.4, 0.5) is 0 Å². The molecule has 0 amide bonds. The molecule has 1 aliphatic heterocycles. The van der Waals surface area contributed by atoms with Crippen molar-refractivity contribution in [1.29, 1.82) is 0 Å². The van der Waals surface area contributed by atoms with Crippen molar-refractivity contribution in [3.05, 3.63) is 126 Å². The van der Waals surface area contributed by atoms with Crippen molar-refractivity contribution < 1.29 is 9.31 Å². The number of hydrogen-bond acceptors (Lipinski definition) is 4. The quantitative estimate of drug-likeness (QED) is 0.258. The Balaban J connectivity index is 1.75. The summed E-state index contributed by atoms with van der Waals surface area (Å²) in [5, 5.41) is 8.29. The zero-order chi connectivity index (χ0) is 25.7. The second kappa shape index (κ2) is 8.68. The minimum atomic E-state index is -0.679. The summed E-state index contributed by atoms with van der Waals surface area (Å²) in [7, 11) is -0.599. The molecule has 1 aliphatic rings. The first kappa shape index (κ1) is 23.7. The lowest BCUT2D eigenvalue weighted by Crippen LogP contribution is -2.44. The van der Waals surface area contributed by atoms with E-state index in [0.717, 1.165) is 33.1 Å². The molecule has 1 N–H and O–H groups in total. The van der Waals surface area contributed by atoms with E-state index in [1.54, 1.807) is 0 Å². The average molecular weight is 487 g/mol. The summed E-state index contributed by atoms with van der Waals surface area (Å²) in [5.74, 6) is 0. The van der Waals surface area contributed by atoms with Gasteiger partial charge in [-0.05, 0) is 49.9 Å². The zero-order valence-corrected chi connectivity index (χ0v) is 21.6. The average Bonchev–Trinajstić information content (AvgIpc) is 3.47. The highest BCUT2D eigenvalue weighted by molar-refractivity contribution is 6.65. The number of H-pyrrole nitrogens is 1. The largest absolute Gasteiger partial charge is 0.496 e. The number of aromatic nitrogens is 3. The van der Waals surface area contributed by atoms with Gasteiger partial charge in [-0.25, -0.2) is 4.98 Å². The molecule has 0 radical (unpaired) electrons. The number of pyridine rings is 1. The fraction of sp³-hybridized carbons (Fsp3) is 0.226. The highest BCUT2D eigenvalue weighted by Crippen LogP contribution is 2.46. The molecular weight excluding hydrogens is 457 g/mol. The molecule has 1 fully saturated rings. The molecule has 1 saturated heterocycles. The fourth-order valence-corrected chi connectivity index (χ4v) is 5.46. The van der Waals surface area contributed by atoms with Crippen LogP contribution in [-0.2, 0) is 14.7 Å². The molecule has 0 bridgehead atoms. The summed E-state index contributed by atoms with van der Waals surface area (Å²) in [6.45, 7) is 8.33. The van der Waals surface area contributed by atoms with Gasteiger partial charge in [0.25, 0.3) is 0 Å². The maximum atomic E-state index is 6.68. The van der Waals surface area contributed by atoms with Crippen molar-refractivity contribution in [1.82, 2.24) is 15.2 Å². The summed E-state index contributed by atoms with van der Waals surface area (Å²) >= 11 is 0. The summed E-state index contributed by atoms with van der Waals surface area (Å²) < 4.78 is 13.4. The second-order valence-electron chi connectivity index (χ2n) is 10.7. The topological polar surface area (TPSA) is 60.0 Å². The van der Waals surface area contributed by atoms with Gasteiger partial charge < -0.3 is 9.31 Å². The maximum absolute atomic E-state index is 6.68. The molecule has 6 heteroatoms. The monoisotopic (exact) mass is 487 g/mol. The van der Waals surface area contributed by atoms with Gasteiger partial charge in [0.15, 0.2) is 5.65 Å². The molecule has 37 heavy (non-hydrogen) atoms. The van der Waals surface area contributed by atoms with Crippen molar-refractivity contribution >= 4 is 23.6 Å². The van der Waals surface area contributed by atoms with Gasteiger partial charge in [0, 0.05) is 17.0 Å². The number of nitrogens with one attached hydrogen (secondary N) is 1. The maximum Gasteiger partial charge on any atom is 0.496 e. The van der Waals surface area contributed by atoms with Crippen LogP contribution in [0, 0.1) is 0 Å². The SMILES string of the molecule is CC1(C)OB(c2c(C(c3ccccc3)(c3ccccc3)c3ccccc3)cnc3[nH]ncc23)OC1(C)C. The lowest BCUT2D eigenvalue weighted by Gasteiger charge is -2.38. The highest BCUT2D eigenvalue weighted by Gasteiger charge is 2.54. The van der Waals surface area contributed by atoms with Crippen molar-refractivity contribution in [2.45, 2.75) is 44.3 Å². The van der Waals surface area contributed by atoms with E-state index in [1.165, 1.54) is 0 Å². The Hall–Kier alpha value is -3.74. The van der Waals surface area contributed by atoms with Crippen LogP contribution in [0.15, 0.2) is 103 Å². The Morgan fingerprint density at radius 2 is 1.14 bits per heavy atom. The first-order valence-corrected chi connectivity index (χ1v) is 12.7. The van der Waals surface area contributed by atoms with E-state index < -0.39 is 23.7 Å². The van der Waals surface area contributed by atoms with Crippen molar-refractivity contribution in [3.8, 4) is 0 Å². The smallest absolute Gasteiger partial charge is 0.399 e. The minimum absolute atomic E-state index is 0.497. The van der Waals surface area contributed by atoms with E-state index >= 15 is 0 Å². The van der Waals surface area contributed by atoms with E-state index in [2.05, 4.69) is 129 Å². The van der Waals surface area contributed by atoms with Gasteiger partial charge in [-0.2, -0.15) is 5.10 Å². The van der Waals surface area contributed by atoms with Gasteiger partial charge in [-0.15, -0.1) is 0 Å². The van der Waals surface area contributed by atoms with Crippen LogP contribution >= 0.6 is 0 Å². The fourth-order valence-electron chi connectivity index (χ4n) is 5.46. The minimum Gasteiger partial charge on any atom is -0.399 e. The lowest BCUT2D eigenvalue weighted by molar-refractivity contribution is 0.00578. The zero-order valence-electron chi connectivity index (χ0n) is 21.6. The molecule has 184 valence electrons. The number of nitrogens with zero attached hydrogens (tertiary/aromatic N) is 2. The van der Waals surface area contributed by atoms with E-state index in [1.807, 2.05) is 12.4 Å². The van der Waals surface area contributed by atoms with Crippen LogP contribution in [-0.4, -0.2) is 33.5 Å². The third-order valence-electron chi connectivity index (χ3n) is 8.04. The summed E-state index contributed by atoms with van der Waals surface area (Å²) in [5.41, 5.74) is 4.38. The van der Waals surface area contributed by atoms with Crippen LogP contribution in [0.2, 0.25) is 0 Å². The van der Waals surface area contributed by atoms with Gasteiger partial charge in [-0.3, -0.25) is 5.10 Å². The predicted octanol–water partition coefficient (Wildman–Crippen LogP) is 5.64. The van der Waals surface area contributed by atoms with Gasteiger partial charge >= 0.3 is 7.12 Å². The third-order valence-corrected chi connectivity index (χ3v) is 8.04. The molecule has 0 saturated carbocycles. The standard InChI is InChI=1S/C31H30BN3O2/c1-29(2)30(3,4)37-32(36-29)27-25-20-34-35-28(25)33-21-26(27)31(22-14-8-5-9-15-22,23-16-10-6-11-17-23)24-18-12-7-13-19-24/h5-21H,1-4H3,(H,33,34,35). The number of benzene rings is 3. The molecule has 0 spiro atoms. The number of hydrogen-bond donors (Lipinski definition) is 1. The van der Waals surface area contributed by atoms with Crippen LogP contribution in [0.1, 0.15) is 49.9 Å². The molecule has 0 aliphatic carbocycles. The van der Waals surface area contributed by atoms with E-state index in [4.69, 9.17) is 14.3 Å². The van der Waals surface area contributed by atoms with E-state index in [-0.39, 0.29) is 0 Å². The van der Waals surface area contributed by atoms with Crippen molar-refractivity contribution in [2.24, 2.45) is 0 Å². The Labute approximate surface area is 218 Å². The molecular formula is C31H30BN3O2. The van der Waals surface area contributed by atoms with Gasteiger partial charge in [0.2, 0.25) is 0 Å². The lowest BCUT2D eigenvalue weighted by atomic mass is 9.59. The third kappa shape index (κ3) is 3.63. The number of aromatic amines is 1. The summed E-state index contributed by atoms with van der Waals surface area (Å²) in [6, 6.07) is 31.8. The second-order valence-corrected chi connectivity index (χ2v) is 10.7. The van der Waals surface area contributed by atoms with Crippen LogP contribution in [0.25, 0.3) is 11.0 Å². The Morgan fingerprint density at radius 1 is 0.676 bits per heavy atom. The first-order chi connectivity index (χ1) is 17.8. The number of fused-ring (bicyclic) bond motifs is 1. The predicted molar refractivity (Wildman–Crippen MR) is 148 cm³/mol. The van der Waals surface area contributed by atoms with E-state index in [0.29, 0.717) is 5.65 Å². The number of rotatable bonds is 5. The normalized spacial score (nSPS) is 16.8. The van der Waals surface area contributed by atoms with Crippen LogP contribution < -0.4 is 5.46 Å². The molecule has 5 aromatic rings. The summed E-state index contributed by atoms with van der Waals surface area (Å²) in [4.78, 5) is 4.86. The molecule has 6 rings (SSSR count). The molecule has 5 nitrogen and oxygen atoms in total. The highest BCUT2D eigenvalue weighted by atomic mass is 16.7. The van der Waals surface area contributed by atoms with Gasteiger partial charge in [0.05, 0.1) is 22.8 Å². The van der Waals surface area contributed by atoms with Gasteiger partial charge in [0.1, 0.15) is 0 Å². The summed E-state index contributed by atoms with van der Waals surface area (Å²) in [6.07, 6.45) is 3.80. The van der Waals surface area contributed by atoms with Gasteiger partial charge in [-0.1, -0.05) is 91.0 Å². The van der Waals surface area contributed by atoms with E-state index in [9.17, 15) is 0 Å². The van der Waals surface area contributed by atoms with Crippen molar-refractivity contribution in [3.63, 3.8) is 0 Å². The molecule has 2 aromatic heterocycles. The Bertz CT molecular complexity index is 1420.